The average Bonchev–Trinajstić information content (AvgIpc) is 2.85. The van der Waals surface area contributed by atoms with Gasteiger partial charge in [0, 0.05) is 24.6 Å². The van der Waals surface area contributed by atoms with Crippen molar-refractivity contribution in [1.29, 1.82) is 0 Å². The van der Waals surface area contributed by atoms with Crippen LogP contribution in [0.25, 0.3) is 11.4 Å². The second-order valence-electron chi connectivity index (χ2n) is 7.90. The number of amides is 2. The second-order valence-corrected chi connectivity index (χ2v) is 7.90. The molecule has 1 aromatic heterocycles. The van der Waals surface area contributed by atoms with Crippen LogP contribution in [-0.2, 0) is 9.59 Å². The molecule has 1 fully saturated rings. The van der Waals surface area contributed by atoms with Gasteiger partial charge in [-0.2, -0.15) is 0 Å². The Morgan fingerprint density at radius 3 is 2.45 bits per heavy atom. The lowest BCUT2D eigenvalue weighted by Crippen LogP contribution is -2.41. The number of phenols is 1. The van der Waals surface area contributed by atoms with Crippen molar-refractivity contribution in [1.82, 2.24) is 14.9 Å². The van der Waals surface area contributed by atoms with E-state index >= 15 is 0 Å². The van der Waals surface area contributed by atoms with Crippen LogP contribution in [0.15, 0.2) is 67.0 Å². The molecule has 170 valence electrons. The topological polar surface area (TPSA) is 105 Å². The molecule has 0 bridgehead atoms. The summed E-state index contributed by atoms with van der Waals surface area (Å²) in [6, 6.07) is 16.1. The first-order valence-corrected chi connectivity index (χ1v) is 11.0. The largest absolute Gasteiger partial charge is 0.508 e. The van der Waals surface area contributed by atoms with Crippen LogP contribution in [0, 0.1) is 5.92 Å². The van der Waals surface area contributed by atoms with Crippen molar-refractivity contribution in [3.63, 3.8) is 0 Å². The number of hydrogen-bond donors (Lipinski definition) is 2. The van der Waals surface area contributed by atoms with Crippen LogP contribution in [0.1, 0.15) is 19.3 Å². The van der Waals surface area contributed by atoms with Gasteiger partial charge in [-0.25, -0.2) is 9.97 Å². The van der Waals surface area contributed by atoms with Crippen LogP contribution < -0.4 is 10.1 Å². The second kappa shape index (κ2) is 10.6. The summed E-state index contributed by atoms with van der Waals surface area (Å²) in [6.07, 6.45) is 4.64. The summed E-state index contributed by atoms with van der Waals surface area (Å²) in [6.45, 7) is 1.44. The smallest absolute Gasteiger partial charge is 0.227 e. The molecular formula is C25H26N4O4. The Hall–Kier alpha value is -3.94. The Morgan fingerprint density at radius 2 is 1.76 bits per heavy atom. The number of rotatable bonds is 7. The monoisotopic (exact) mass is 446 g/mol. The fraction of sp³-hybridized carbons (Fsp3) is 0.280. The van der Waals surface area contributed by atoms with E-state index < -0.39 is 0 Å². The molecule has 0 unspecified atom stereocenters. The zero-order valence-corrected chi connectivity index (χ0v) is 18.2. The summed E-state index contributed by atoms with van der Waals surface area (Å²) < 4.78 is 5.60. The lowest BCUT2D eigenvalue weighted by Gasteiger charge is -2.31. The molecule has 0 spiro atoms. The molecular weight excluding hydrogens is 420 g/mol. The molecule has 2 heterocycles. The van der Waals surface area contributed by atoms with Gasteiger partial charge in [-0.3, -0.25) is 9.59 Å². The van der Waals surface area contributed by atoms with Crippen molar-refractivity contribution in [3.05, 3.63) is 67.0 Å². The molecule has 2 amide bonds. The van der Waals surface area contributed by atoms with Crippen LogP contribution in [0.4, 0.5) is 5.69 Å². The number of carbonyl (C=O) groups excluding carboxylic acids is 2. The Morgan fingerprint density at radius 1 is 1.03 bits per heavy atom. The standard InChI is InChI=1S/C25H26N4O4/c30-21-6-4-5-19(15-21)24-26-16-20(17-27-24)28-25(32)18-9-12-29(13-10-18)23(31)11-14-33-22-7-2-1-3-8-22/h1-8,15-18,30H,9-14H2,(H,28,32). The first-order chi connectivity index (χ1) is 16.1. The number of benzene rings is 2. The van der Waals surface area contributed by atoms with Crippen molar-refractivity contribution >= 4 is 17.5 Å². The first-order valence-electron chi connectivity index (χ1n) is 11.0. The maximum atomic E-state index is 12.6. The fourth-order valence-corrected chi connectivity index (χ4v) is 3.75. The third-order valence-electron chi connectivity index (χ3n) is 5.57. The summed E-state index contributed by atoms with van der Waals surface area (Å²) in [5, 5.41) is 12.5. The highest BCUT2D eigenvalue weighted by Gasteiger charge is 2.27. The summed E-state index contributed by atoms with van der Waals surface area (Å²) in [5.74, 6) is 1.14. The summed E-state index contributed by atoms with van der Waals surface area (Å²) in [7, 11) is 0. The lowest BCUT2D eigenvalue weighted by atomic mass is 9.95. The Balaban J connectivity index is 1.21. The van der Waals surface area contributed by atoms with Gasteiger partial charge in [0.1, 0.15) is 11.5 Å². The normalized spacial score (nSPS) is 14.0. The fourth-order valence-electron chi connectivity index (χ4n) is 3.75. The number of nitrogens with zero attached hydrogens (tertiary/aromatic N) is 3. The molecule has 1 saturated heterocycles. The Labute approximate surface area is 192 Å². The van der Waals surface area contributed by atoms with Crippen LogP contribution in [0.3, 0.4) is 0 Å². The van der Waals surface area contributed by atoms with Gasteiger partial charge in [0.05, 0.1) is 31.1 Å². The highest BCUT2D eigenvalue weighted by atomic mass is 16.5. The summed E-state index contributed by atoms with van der Waals surface area (Å²) in [5.41, 5.74) is 1.21. The average molecular weight is 447 g/mol. The SMILES string of the molecule is O=C(Nc1cnc(-c2cccc(O)c2)nc1)C1CCN(C(=O)CCOc2ccccc2)CC1. The van der Waals surface area contributed by atoms with Gasteiger partial charge in [0.15, 0.2) is 5.82 Å². The summed E-state index contributed by atoms with van der Waals surface area (Å²) in [4.78, 5) is 35.4. The molecule has 8 nitrogen and oxygen atoms in total. The molecule has 1 aliphatic rings. The van der Waals surface area contributed by atoms with Gasteiger partial charge in [0.2, 0.25) is 11.8 Å². The van der Waals surface area contributed by atoms with E-state index in [0.717, 1.165) is 5.75 Å². The van der Waals surface area contributed by atoms with E-state index in [9.17, 15) is 14.7 Å². The molecule has 4 rings (SSSR count). The van der Waals surface area contributed by atoms with Crippen molar-refractivity contribution in [2.24, 2.45) is 5.92 Å². The number of likely N-dealkylation sites (tertiary alicyclic amines) is 1. The van der Waals surface area contributed by atoms with Crippen LogP contribution in [0.2, 0.25) is 0 Å². The van der Waals surface area contributed by atoms with Crippen molar-refractivity contribution in [3.8, 4) is 22.9 Å². The maximum Gasteiger partial charge on any atom is 0.227 e. The van der Waals surface area contributed by atoms with Crippen molar-refractivity contribution in [2.45, 2.75) is 19.3 Å². The van der Waals surface area contributed by atoms with Gasteiger partial charge in [-0.15, -0.1) is 0 Å². The minimum absolute atomic E-state index is 0.0423. The van der Waals surface area contributed by atoms with Gasteiger partial charge >= 0.3 is 0 Å². The third-order valence-corrected chi connectivity index (χ3v) is 5.57. The molecule has 3 aromatic rings. The predicted molar refractivity (Wildman–Crippen MR) is 124 cm³/mol. The van der Waals surface area contributed by atoms with Crippen LogP contribution >= 0.6 is 0 Å². The number of hydrogen-bond acceptors (Lipinski definition) is 6. The Bertz CT molecular complexity index is 1080. The van der Waals surface area contributed by atoms with E-state index in [2.05, 4.69) is 15.3 Å². The van der Waals surface area contributed by atoms with Gasteiger partial charge in [-0.05, 0) is 37.1 Å². The van der Waals surface area contributed by atoms with E-state index in [4.69, 9.17) is 4.74 Å². The number of piperidine rings is 1. The molecule has 0 saturated carbocycles. The van der Waals surface area contributed by atoms with E-state index in [0.29, 0.717) is 56.0 Å². The predicted octanol–water partition coefficient (Wildman–Crippen LogP) is 3.50. The van der Waals surface area contributed by atoms with E-state index in [1.54, 1.807) is 41.6 Å². The maximum absolute atomic E-state index is 12.6. The van der Waals surface area contributed by atoms with E-state index in [-0.39, 0.29) is 23.5 Å². The van der Waals surface area contributed by atoms with E-state index in [1.807, 2.05) is 30.3 Å². The number of anilines is 1. The number of ether oxygens (including phenoxy) is 1. The highest BCUT2D eigenvalue weighted by molar-refractivity contribution is 5.92. The quantitative estimate of drug-likeness (QED) is 0.576. The Kier molecular flexibility index (Phi) is 7.14. The number of carbonyl (C=O) groups is 2. The number of phenolic OH excluding ortho intramolecular Hbond substituents is 1. The molecule has 0 radical (unpaired) electrons. The number of para-hydroxylation sites is 1. The van der Waals surface area contributed by atoms with Gasteiger partial charge < -0.3 is 20.1 Å². The van der Waals surface area contributed by atoms with E-state index in [1.165, 1.54) is 0 Å². The molecule has 0 atom stereocenters. The van der Waals surface area contributed by atoms with Crippen LogP contribution in [-0.4, -0.2) is 51.5 Å². The van der Waals surface area contributed by atoms with Gasteiger partial charge in [-0.1, -0.05) is 30.3 Å². The molecule has 1 aliphatic heterocycles. The zero-order chi connectivity index (χ0) is 23.0. The zero-order valence-electron chi connectivity index (χ0n) is 18.2. The first kappa shape index (κ1) is 22.3. The number of nitrogens with one attached hydrogen (secondary N) is 1. The van der Waals surface area contributed by atoms with Gasteiger partial charge in [0.25, 0.3) is 0 Å². The minimum atomic E-state index is -0.166. The molecule has 2 N–H and O–H groups in total. The lowest BCUT2D eigenvalue weighted by molar-refractivity contribution is -0.135. The molecule has 0 aliphatic carbocycles. The van der Waals surface area contributed by atoms with Crippen LogP contribution in [0.5, 0.6) is 11.5 Å². The third kappa shape index (κ3) is 6.06. The molecule has 33 heavy (non-hydrogen) atoms. The molecule has 8 heteroatoms. The number of aromatic hydroxyl groups is 1. The minimum Gasteiger partial charge on any atom is -0.508 e. The number of aromatic nitrogens is 2. The summed E-state index contributed by atoms with van der Waals surface area (Å²) >= 11 is 0. The molecule has 2 aromatic carbocycles. The van der Waals surface area contributed by atoms with Crippen molar-refractivity contribution in [2.75, 3.05) is 25.0 Å². The highest BCUT2D eigenvalue weighted by Crippen LogP contribution is 2.22. The van der Waals surface area contributed by atoms with Crippen molar-refractivity contribution < 1.29 is 19.4 Å².